The predicted octanol–water partition coefficient (Wildman–Crippen LogP) is 2.30. The second-order valence-electron chi connectivity index (χ2n) is 6.16. The van der Waals surface area contributed by atoms with E-state index in [-0.39, 0.29) is 29.4 Å². The van der Waals surface area contributed by atoms with Gasteiger partial charge in [-0.3, -0.25) is 9.59 Å². The van der Waals surface area contributed by atoms with Gasteiger partial charge in [0, 0.05) is 37.2 Å². The number of hydrogen-bond donors (Lipinski definition) is 4. The summed E-state index contributed by atoms with van der Waals surface area (Å²) in [5.74, 6) is -1.43. The second kappa shape index (κ2) is 8.70. The molecule has 0 aromatic heterocycles. The number of phenolic OH excluding ortho intramolecular Hbond substituents is 2. The summed E-state index contributed by atoms with van der Waals surface area (Å²) < 4.78 is 0. The minimum absolute atomic E-state index is 0.00271. The summed E-state index contributed by atoms with van der Waals surface area (Å²) in [5.41, 5.74) is 4.31. The Morgan fingerprint density at radius 2 is 1.74 bits per heavy atom. The Morgan fingerprint density at radius 3 is 2.33 bits per heavy atom. The number of hydrazone groups is 1. The molecule has 0 aliphatic heterocycles. The number of nitrogens with one attached hydrogen (secondary N) is 2. The predicted molar refractivity (Wildman–Crippen MR) is 104 cm³/mol. The number of benzene rings is 2. The lowest BCUT2D eigenvalue weighted by Crippen LogP contribution is -2.21. The Kier molecular flexibility index (Phi) is 6.37. The van der Waals surface area contributed by atoms with E-state index in [4.69, 9.17) is 0 Å². The van der Waals surface area contributed by atoms with Crippen molar-refractivity contribution >= 4 is 28.9 Å². The van der Waals surface area contributed by atoms with Crippen LogP contribution in [0.25, 0.3) is 0 Å². The summed E-state index contributed by atoms with van der Waals surface area (Å²) in [6.07, 6.45) is -0.00271. The number of anilines is 2. The number of phenols is 2. The number of aromatic hydroxyl groups is 2. The number of carbonyl (C=O) groups excluding carboxylic acids is 2. The van der Waals surface area contributed by atoms with Gasteiger partial charge in [-0.05, 0) is 43.3 Å². The van der Waals surface area contributed by atoms with Gasteiger partial charge in [0.25, 0.3) is 5.91 Å². The minimum atomic E-state index is -0.647. The summed E-state index contributed by atoms with van der Waals surface area (Å²) in [7, 11) is 3.86. The van der Waals surface area contributed by atoms with Crippen molar-refractivity contribution in [3.63, 3.8) is 0 Å². The molecule has 2 rings (SSSR count). The molecule has 0 heterocycles. The molecule has 0 saturated carbocycles. The number of nitrogens with zero attached hydrogens (tertiary/aromatic N) is 2. The topological polar surface area (TPSA) is 114 Å². The molecule has 0 aliphatic rings. The van der Waals surface area contributed by atoms with Crippen LogP contribution < -0.4 is 15.6 Å². The second-order valence-corrected chi connectivity index (χ2v) is 6.16. The Morgan fingerprint density at radius 1 is 1.07 bits per heavy atom. The molecule has 0 unspecified atom stereocenters. The maximum atomic E-state index is 12.1. The number of rotatable bonds is 6. The fourth-order valence-electron chi connectivity index (χ4n) is 2.24. The Labute approximate surface area is 157 Å². The van der Waals surface area contributed by atoms with E-state index in [0.717, 1.165) is 11.8 Å². The molecule has 0 aliphatic carbocycles. The highest BCUT2D eigenvalue weighted by molar-refractivity contribution is 6.06. The van der Waals surface area contributed by atoms with Crippen LogP contribution in [0.15, 0.2) is 47.6 Å². The lowest BCUT2D eigenvalue weighted by molar-refractivity contribution is -0.115. The highest BCUT2D eigenvalue weighted by atomic mass is 16.3. The third kappa shape index (κ3) is 5.74. The van der Waals surface area contributed by atoms with E-state index in [1.54, 1.807) is 19.1 Å². The van der Waals surface area contributed by atoms with Crippen molar-refractivity contribution in [2.45, 2.75) is 13.3 Å². The van der Waals surface area contributed by atoms with E-state index in [0.29, 0.717) is 11.4 Å². The van der Waals surface area contributed by atoms with E-state index < -0.39 is 5.91 Å². The van der Waals surface area contributed by atoms with Crippen molar-refractivity contribution in [2.75, 3.05) is 24.3 Å². The summed E-state index contributed by atoms with van der Waals surface area (Å²) in [5, 5.41) is 25.5. The van der Waals surface area contributed by atoms with Crippen LogP contribution in [0.5, 0.6) is 11.5 Å². The zero-order valence-electron chi connectivity index (χ0n) is 15.4. The van der Waals surface area contributed by atoms with Crippen LogP contribution in [-0.2, 0) is 4.79 Å². The summed E-state index contributed by atoms with van der Waals surface area (Å²) in [4.78, 5) is 26.0. The van der Waals surface area contributed by atoms with E-state index in [9.17, 15) is 19.8 Å². The van der Waals surface area contributed by atoms with Gasteiger partial charge in [-0.25, -0.2) is 5.43 Å². The third-order valence-electron chi connectivity index (χ3n) is 3.66. The van der Waals surface area contributed by atoms with Gasteiger partial charge in [-0.15, -0.1) is 0 Å². The van der Waals surface area contributed by atoms with Crippen LogP contribution in [-0.4, -0.2) is 41.8 Å². The molecule has 8 nitrogen and oxygen atoms in total. The van der Waals surface area contributed by atoms with E-state index in [1.807, 2.05) is 31.1 Å². The normalized spacial score (nSPS) is 11.0. The molecule has 0 bridgehead atoms. The Hall–Kier alpha value is -3.55. The van der Waals surface area contributed by atoms with Gasteiger partial charge in [-0.2, -0.15) is 5.10 Å². The maximum absolute atomic E-state index is 12.1. The van der Waals surface area contributed by atoms with E-state index >= 15 is 0 Å². The van der Waals surface area contributed by atoms with Crippen LogP contribution in [0.1, 0.15) is 23.7 Å². The third-order valence-corrected chi connectivity index (χ3v) is 3.66. The highest BCUT2D eigenvalue weighted by Gasteiger charge is 2.11. The molecule has 0 saturated heterocycles. The standard InChI is InChI=1S/C19H22N4O4/c1-12(21-22-19(27)16-9-8-15(24)11-17(16)25)10-18(26)20-13-4-6-14(7-5-13)23(2)3/h4-9,11,24-25H,10H2,1-3H3,(H,20,26)(H,22,27). The van der Waals surface area contributed by atoms with Gasteiger partial charge in [-0.1, -0.05) is 0 Å². The SMILES string of the molecule is CC(CC(=O)Nc1ccc(N(C)C)cc1)=NNC(=O)c1ccc(O)cc1O. The average molecular weight is 370 g/mol. The largest absolute Gasteiger partial charge is 0.508 e. The minimum Gasteiger partial charge on any atom is -0.508 e. The summed E-state index contributed by atoms with van der Waals surface area (Å²) >= 11 is 0. The maximum Gasteiger partial charge on any atom is 0.275 e. The molecule has 142 valence electrons. The first-order valence-corrected chi connectivity index (χ1v) is 8.19. The molecule has 2 amide bonds. The summed E-state index contributed by atoms with van der Waals surface area (Å²) in [6, 6.07) is 11.0. The lowest BCUT2D eigenvalue weighted by Gasteiger charge is -2.13. The smallest absolute Gasteiger partial charge is 0.275 e. The van der Waals surface area contributed by atoms with Gasteiger partial charge in [0.05, 0.1) is 12.0 Å². The number of hydrogen-bond acceptors (Lipinski definition) is 6. The molecule has 2 aromatic carbocycles. The van der Waals surface area contributed by atoms with Gasteiger partial charge >= 0.3 is 0 Å². The monoisotopic (exact) mass is 370 g/mol. The molecule has 4 N–H and O–H groups in total. The fourth-order valence-corrected chi connectivity index (χ4v) is 2.24. The molecule has 0 radical (unpaired) electrons. The Bertz CT molecular complexity index is 861. The first-order chi connectivity index (χ1) is 12.8. The lowest BCUT2D eigenvalue weighted by atomic mass is 10.2. The number of carbonyl (C=O) groups is 2. The molecular formula is C19H22N4O4. The number of amides is 2. The van der Waals surface area contributed by atoms with Crippen LogP contribution >= 0.6 is 0 Å². The first kappa shape index (κ1) is 19.8. The molecule has 0 fully saturated rings. The van der Waals surface area contributed by atoms with Crippen LogP contribution in [0.4, 0.5) is 11.4 Å². The molecule has 0 atom stereocenters. The first-order valence-electron chi connectivity index (χ1n) is 8.19. The molecule has 0 spiro atoms. The zero-order chi connectivity index (χ0) is 20.0. The molecule has 27 heavy (non-hydrogen) atoms. The van der Waals surface area contributed by atoms with E-state index in [1.165, 1.54) is 12.1 Å². The van der Waals surface area contributed by atoms with Crippen molar-refractivity contribution in [3.8, 4) is 11.5 Å². The molecule has 2 aromatic rings. The highest BCUT2D eigenvalue weighted by Crippen LogP contribution is 2.22. The molecule has 8 heteroatoms. The van der Waals surface area contributed by atoms with E-state index in [2.05, 4.69) is 15.8 Å². The van der Waals surface area contributed by atoms with Crippen molar-refractivity contribution in [3.05, 3.63) is 48.0 Å². The fraction of sp³-hybridized carbons (Fsp3) is 0.211. The van der Waals surface area contributed by atoms with Crippen LogP contribution in [0, 0.1) is 0 Å². The van der Waals surface area contributed by atoms with Crippen LogP contribution in [0.2, 0.25) is 0 Å². The summed E-state index contributed by atoms with van der Waals surface area (Å²) in [6.45, 7) is 1.60. The molecular weight excluding hydrogens is 348 g/mol. The van der Waals surface area contributed by atoms with Crippen molar-refractivity contribution in [1.82, 2.24) is 5.43 Å². The Balaban J connectivity index is 1.90. The van der Waals surface area contributed by atoms with Gasteiger partial charge in [0.1, 0.15) is 11.5 Å². The van der Waals surface area contributed by atoms with Crippen molar-refractivity contribution < 1.29 is 19.8 Å². The van der Waals surface area contributed by atoms with Crippen molar-refractivity contribution in [2.24, 2.45) is 5.10 Å². The van der Waals surface area contributed by atoms with Gasteiger partial charge < -0.3 is 20.4 Å². The quantitative estimate of drug-likeness (QED) is 0.460. The van der Waals surface area contributed by atoms with Crippen molar-refractivity contribution in [1.29, 1.82) is 0 Å². The zero-order valence-corrected chi connectivity index (χ0v) is 15.4. The van der Waals surface area contributed by atoms with Crippen LogP contribution in [0.3, 0.4) is 0 Å². The van der Waals surface area contributed by atoms with Gasteiger partial charge in [0.2, 0.25) is 5.91 Å². The van der Waals surface area contributed by atoms with Gasteiger partial charge in [0.15, 0.2) is 0 Å². The average Bonchev–Trinajstić information content (AvgIpc) is 2.60.